The Hall–Kier alpha value is -0.410. The van der Waals surface area contributed by atoms with Gasteiger partial charge in [-0.15, -0.1) is 0 Å². The molecule has 1 heterocycles. The fourth-order valence-electron chi connectivity index (χ4n) is 1.04. The average molecular weight is 158 g/mol. The summed E-state index contributed by atoms with van der Waals surface area (Å²) in [6, 6.07) is 0. The van der Waals surface area contributed by atoms with Crippen LogP contribution in [0.25, 0.3) is 0 Å². The van der Waals surface area contributed by atoms with Crippen molar-refractivity contribution in [3.63, 3.8) is 0 Å². The first-order chi connectivity index (χ1) is 4.94. The van der Waals surface area contributed by atoms with Crippen LogP contribution in [0.2, 0.25) is 0 Å². The fourth-order valence-corrected chi connectivity index (χ4v) is 1.04. The molecule has 3 heteroatoms. The van der Waals surface area contributed by atoms with Crippen LogP contribution in [0.5, 0.6) is 0 Å². The van der Waals surface area contributed by atoms with Crippen LogP contribution in [0.4, 0.5) is 0 Å². The quantitative estimate of drug-likeness (QED) is 0.453. The molecule has 0 aromatic heterocycles. The van der Waals surface area contributed by atoms with Gasteiger partial charge >= 0.3 is 0 Å². The van der Waals surface area contributed by atoms with Crippen LogP contribution in [0.3, 0.4) is 0 Å². The minimum absolute atomic E-state index is 0.0185. The largest absolute Gasteiger partial charge is 0.295 e. The molecule has 1 fully saturated rings. The van der Waals surface area contributed by atoms with Gasteiger partial charge in [0.25, 0.3) is 5.79 Å². The molecule has 0 aliphatic carbocycles. The molecule has 11 heavy (non-hydrogen) atoms. The highest BCUT2D eigenvalue weighted by Crippen LogP contribution is 2.46. The van der Waals surface area contributed by atoms with Crippen LogP contribution in [-0.4, -0.2) is 11.6 Å². The lowest BCUT2D eigenvalue weighted by molar-refractivity contribution is -0.128. The Morgan fingerprint density at radius 1 is 1.36 bits per heavy atom. The van der Waals surface area contributed by atoms with E-state index in [2.05, 4.69) is 0 Å². The third kappa shape index (κ3) is 1.19. The summed E-state index contributed by atoms with van der Waals surface area (Å²) in [5.41, 5.74) is -0.264. The van der Waals surface area contributed by atoms with E-state index in [0.717, 1.165) is 0 Å². The smallest absolute Gasteiger partial charge is 0.293 e. The molecule has 0 amide bonds. The maximum Gasteiger partial charge on any atom is 0.295 e. The first-order valence-electron chi connectivity index (χ1n) is 3.84. The highest BCUT2D eigenvalue weighted by Gasteiger charge is 2.63. The molecule has 0 atom stereocenters. The Bertz CT molecular complexity index is 174. The number of hydrogen-bond donors (Lipinski definition) is 0. The molecule has 0 saturated carbocycles. The van der Waals surface area contributed by atoms with Crippen LogP contribution in [0.1, 0.15) is 34.1 Å². The lowest BCUT2D eigenvalue weighted by Crippen LogP contribution is -2.37. The Kier molecular flexibility index (Phi) is 1.81. The maximum atomic E-state index is 11.3. The van der Waals surface area contributed by atoms with Gasteiger partial charge in [0.05, 0.1) is 0 Å². The normalized spacial score (nSPS) is 21.5. The van der Waals surface area contributed by atoms with Crippen molar-refractivity contribution in [2.45, 2.75) is 39.9 Å². The standard InChI is InChI=1S/C8H14O3/c1-5-6(9)8(10-11-8)7(2,3)4/h5H2,1-4H3. The van der Waals surface area contributed by atoms with E-state index < -0.39 is 5.79 Å². The number of ketones is 1. The molecule has 0 aromatic rings. The Morgan fingerprint density at radius 2 is 1.82 bits per heavy atom. The van der Waals surface area contributed by atoms with Crippen LogP contribution in [0.15, 0.2) is 0 Å². The van der Waals surface area contributed by atoms with Crippen LogP contribution in [0, 0.1) is 5.41 Å². The van der Waals surface area contributed by atoms with Gasteiger partial charge in [-0.25, -0.2) is 0 Å². The summed E-state index contributed by atoms with van der Waals surface area (Å²) in [5.74, 6) is -0.924. The van der Waals surface area contributed by atoms with E-state index in [1.807, 2.05) is 20.8 Å². The molecule has 0 bridgehead atoms. The predicted octanol–water partition coefficient (Wildman–Crippen LogP) is 1.67. The Morgan fingerprint density at radius 3 is 1.91 bits per heavy atom. The lowest BCUT2D eigenvalue weighted by Gasteiger charge is -2.20. The van der Waals surface area contributed by atoms with E-state index in [0.29, 0.717) is 6.42 Å². The van der Waals surface area contributed by atoms with Crippen molar-refractivity contribution >= 4 is 5.78 Å². The zero-order valence-electron chi connectivity index (χ0n) is 7.43. The van der Waals surface area contributed by atoms with Crippen molar-refractivity contribution in [2.75, 3.05) is 0 Å². The van der Waals surface area contributed by atoms with Gasteiger partial charge in [-0.3, -0.25) is 4.79 Å². The molecule has 0 radical (unpaired) electrons. The molecule has 1 aliphatic heterocycles. The van der Waals surface area contributed by atoms with E-state index in [-0.39, 0.29) is 11.2 Å². The van der Waals surface area contributed by atoms with Gasteiger partial charge in [0, 0.05) is 11.8 Å². The van der Waals surface area contributed by atoms with E-state index in [1.54, 1.807) is 6.92 Å². The topological polar surface area (TPSA) is 42.1 Å². The summed E-state index contributed by atoms with van der Waals surface area (Å²) >= 11 is 0. The number of Topliss-reactive ketones (excluding diaryl/α,β-unsaturated/α-hetero) is 1. The zero-order valence-corrected chi connectivity index (χ0v) is 7.43. The summed E-state index contributed by atoms with van der Waals surface area (Å²) in [4.78, 5) is 20.8. The molecule has 64 valence electrons. The third-order valence-corrected chi connectivity index (χ3v) is 1.93. The van der Waals surface area contributed by atoms with E-state index in [1.165, 1.54) is 0 Å². The number of rotatable bonds is 2. The Balaban J connectivity index is 2.76. The van der Waals surface area contributed by atoms with Crippen LogP contribution >= 0.6 is 0 Å². The van der Waals surface area contributed by atoms with Gasteiger partial charge in [-0.05, 0) is 0 Å². The molecule has 0 N–H and O–H groups in total. The molecule has 0 unspecified atom stereocenters. The molecule has 1 aliphatic rings. The maximum absolute atomic E-state index is 11.3. The van der Waals surface area contributed by atoms with E-state index in [4.69, 9.17) is 9.78 Å². The monoisotopic (exact) mass is 158 g/mol. The second-order valence-electron chi connectivity index (χ2n) is 3.81. The van der Waals surface area contributed by atoms with Crippen molar-refractivity contribution in [2.24, 2.45) is 5.41 Å². The van der Waals surface area contributed by atoms with Gasteiger partial charge in [-0.2, -0.15) is 9.78 Å². The molecular weight excluding hydrogens is 144 g/mol. The van der Waals surface area contributed by atoms with Crippen molar-refractivity contribution in [1.29, 1.82) is 0 Å². The van der Waals surface area contributed by atoms with E-state index >= 15 is 0 Å². The zero-order chi connectivity index (χ0) is 8.70. The minimum atomic E-state index is -0.943. The Labute approximate surface area is 66.6 Å². The van der Waals surface area contributed by atoms with Crippen molar-refractivity contribution in [1.82, 2.24) is 0 Å². The van der Waals surface area contributed by atoms with Gasteiger partial charge in [0.15, 0.2) is 5.78 Å². The second kappa shape index (κ2) is 2.29. The first-order valence-corrected chi connectivity index (χ1v) is 3.84. The summed E-state index contributed by atoms with van der Waals surface area (Å²) in [6.45, 7) is 7.58. The van der Waals surface area contributed by atoms with Gasteiger partial charge in [0.1, 0.15) is 0 Å². The highest BCUT2D eigenvalue weighted by atomic mass is 17.4. The average Bonchev–Trinajstić information content (AvgIpc) is 2.63. The number of carbonyl (C=O) groups excluding carboxylic acids is 1. The summed E-state index contributed by atoms with van der Waals surface area (Å²) in [5, 5.41) is 0. The summed E-state index contributed by atoms with van der Waals surface area (Å²) < 4.78 is 0. The molecule has 3 nitrogen and oxygen atoms in total. The molecule has 1 rings (SSSR count). The number of hydrogen-bond acceptors (Lipinski definition) is 3. The predicted molar refractivity (Wildman–Crippen MR) is 39.7 cm³/mol. The van der Waals surface area contributed by atoms with E-state index in [9.17, 15) is 4.79 Å². The van der Waals surface area contributed by atoms with Crippen molar-refractivity contribution < 1.29 is 14.6 Å². The summed E-state index contributed by atoms with van der Waals surface area (Å²) in [7, 11) is 0. The van der Waals surface area contributed by atoms with Gasteiger partial charge in [0.2, 0.25) is 0 Å². The molecule has 0 spiro atoms. The SMILES string of the molecule is CCC(=O)C1(C(C)(C)C)OO1. The lowest BCUT2D eigenvalue weighted by atomic mass is 9.83. The first kappa shape index (κ1) is 8.68. The minimum Gasteiger partial charge on any atom is -0.293 e. The molecular formula is C8H14O3. The van der Waals surface area contributed by atoms with Crippen molar-refractivity contribution in [3.05, 3.63) is 0 Å². The fraction of sp³-hybridized carbons (Fsp3) is 0.875. The van der Waals surface area contributed by atoms with Gasteiger partial charge in [-0.1, -0.05) is 27.7 Å². The summed E-state index contributed by atoms with van der Waals surface area (Å²) in [6.07, 6.45) is 0.456. The number of carbonyl (C=O) groups is 1. The van der Waals surface area contributed by atoms with Crippen LogP contribution < -0.4 is 0 Å². The van der Waals surface area contributed by atoms with Gasteiger partial charge < -0.3 is 0 Å². The van der Waals surface area contributed by atoms with Crippen molar-refractivity contribution in [3.8, 4) is 0 Å². The molecule has 0 aromatic carbocycles. The second-order valence-corrected chi connectivity index (χ2v) is 3.81. The molecule has 1 saturated heterocycles. The van der Waals surface area contributed by atoms with Crippen LogP contribution in [-0.2, 0) is 14.6 Å². The highest BCUT2D eigenvalue weighted by molar-refractivity contribution is 5.87. The third-order valence-electron chi connectivity index (χ3n) is 1.93.